The zero-order valence-electron chi connectivity index (χ0n) is 19.1. The van der Waals surface area contributed by atoms with Crippen molar-refractivity contribution in [2.75, 3.05) is 0 Å². The van der Waals surface area contributed by atoms with Crippen LogP contribution in [0.4, 0.5) is 0 Å². The molecule has 6 nitrogen and oxygen atoms in total. The zero-order valence-corrected chi connectivity index (χ0v) is 20.9. The van der Waals surface area contributed by atoms with Crippen LogP contribution < -0.4 is 15.3 Å². The van der Waals surface area contributed by atoms with Crippen LogP contribution in [0.2, 0.25) is 0 Å². The molecular formula is C24H33O6Ru. The Bertz CT molecular complexity index is 600. The van der Waals surface area contributed by atoms with Gasteiger partial charge in [0.25, 0.3) is 0 Å². The Kier molecular flexibility index (Phi) is 29.5. The Balaban J connectivity index is -0.000000174. The van der Waals surface area contributed by atoms with E-state index >= 15 is 0 Å². The third-order valence-electron chi connectivity index (χ3n) is 3.40. The molecule has 7 heteroatoms. The first-order valence-electron chi connectivity index (χ1n) is 9.75. The number of hydrogen-bond donors (Lipinski definition) is 0. The molecule has 0 fully saturated rings. The molecule has 0 atom stereocenters. The maximum Gasteiger partial charge on any atom is 3.00 e. The number of carboxylic acid groups (broad SMARTS) is 3. The molecule has 0 aliphatic heterocycles. The molecule has 0 saturated heterocycles. The van der Waals surface area contributed by atoms with Crippen LogP contribution >= 0.6 is 0 Å². The number of carboxylic acids is 3. The van der Waals surface area contributed by atoms with Gasteiger partial charge in [-0.2, -0.15) is 0 Å². The number of hydrogen-bond acceptors (Lipinski definition) is 6. The van der Waals surface area contributed by atoms with E-state index < -0.39 is 17.9 Å². The fourth-order valence-electron chi connectivity index (χ4n) is 1.63. The van der Waals surface area contributed by atoms with E-state index in [1.807, 2.05) is 20.8 Å². The minimum atomic E-state index is -1.08. The average molecular weight is 519 g/mol. The molecule has 0 saturated carbocycles. The zero-order chi connectivity index (χ0) is 23.9. The van der Waals surface area contributed by atoms with Gasteiger partial charge in [0.05, 0.1) is 17.9 Å². The second-order valence-corrected chi connectivity index (χ2v) is 5.58. The molecular weight excluding hydrogens is 485 g/mol. The van der Waals surface area contributed by atoms with Gasteiger partial charge < -0.3 is 29.7 Å². The maximum absolute atomic E-state index is 10.2. The van der Waals surface area contributed by atoms with E-state index in [1.54, 1.807) is 75.5 Å². The number of carbonyl (C=O) groups excluding carboxylic acids is 3. The van der Waals surface area contributed by atoms with Gasteiger partial charge in [0, 0.05) is 0 Å². The summed E-state index contributed by atoms with van der Waals surface area (Å²) in [4.78, 5) is 30.7. The van der Waals surface area contributed by atoms with Crippen molar-refractivity contribution in [2.45, 2.75) is 60.8 Å². The SMILES string of the molecule is CC=CC=C(CC)C(=O)[O-].CC=CC=C(CC)C(=O)[O-].CC=CC=C(CC)C(=O)[O-].[Ru+3]. The summed E-state index contributed by atoms with van der Waals surface area (Å²) < 4.78 is 0. The smallest absolute Gasteiger partial charge is 0.545 e. The predicted octanol–water partition coefficient (Wildman–Crippen LogP) is 1.94. The molecule has 0 heterocycles. The number of rotatable bonds is 9. The summed E-state index contributed by atoms with van der Waals surface area (Å²) in [5.74, 6) is -3.25. The van der Waals surface area contributed by atoms with E-state index in [9.17, 15) is 29.7 Å². The molecule has 0 amide bonds. The third-order valence-corrected chi connectivity index (χ3v) is 3.40. The van der Waals surface area contributed by atoms with Crippen molar-refractivity contribution in [3.05, 3.63) is 71.4 Å². The van der Waals surface area contributed by atoms with Crippen molar-refractivity contribution in [2.24, 2.45) is 0 Å². The second-order valence-electron chi connectivity index (χ2n) is 5.58. The van der Waals surface area contributed by atoms with Crippen molar-refractivity contribution in [1.82, 2.24) is 0 Å². The molecule has 0 aliphatic rings. The molecule has 0 unspecified atom stereocenters. The second kappa shape index (κ2) is 25.5. The monoisotopic (exact) mass is 519 g/mol. The Morgan fingerprint density at radius 3 is 0.839 bits per heavy atom. The molecule has 0 spiro atoms. The van der Waals surface area contributed by atoms with Gasteiger partial charge in [-0.05, 0) is 56.8 Å². The predicted molar refractivity (Wildman–Crippen MR) is 115 cm³/mol. The number of aliphatic carboxylic acids is 3. The Hall–Kier alpha value is -2.53. The van der Waals surface area contributed by atoms with Gasteiger partial charge >= 0.3 is 19.5 Å². The van der Waals surface area contributed by atoms with E-state index in [0.29, 0.717) is 36.0 Å². The Morgan fingerprint density at radius 1 is 0.548 bits per heavy atom. The maximum atomic E-state index is 10.2. The van der Waals surface area contributed by atoms with Gasteiger partial charge in [-0.15, -0.1) is 0 Å². The molecule has 0 aromatic heterocycles. The summed E-state index contributed by atoms with van der Waals surface area (Å²) in [6, 6.07) is 0. The fourth-order valence-corrected chi connectivity index (χ4v) is 1.63. The van der Waals surface area contributed by atoms with Crippen LogP contribution in [0.5, 0.6) is 0 Å². The quantitative estimate of drug-likeness (QED) is 0.261. The summed E-state index contributed by atoms with van der Waals surface area (Å²) >= 11 is 0. The van der Waals surface area contributed by atoms with E-state index in [2.05, 4.69) is 0 Å². The molecule has 0 N–H and O–H groups in total. The summed E-state index contributed by atoms with van der Waals surface area (Å²) in [5.41, 5.74) is 0.995. The van der Waals surface area contributed by atoms with E-state index in [4.69, 9.17) is 0 Å². The topological polar surface area (TPSA) is 120 Å². The third kappa shape index (κ3) is 23.6. The van der Waals surface area contributed by atoms with Crippen molar-refractivity contribution >= 4 is 17.9 Å². The Morgan fingerprint density at radius 2 is 0.742 bits per heavy atom. The minimum Gasteiger partial charge on any atom is -0.545 e. The van der Waals surface area contributed by atoms with E-state index in [-0.39, 0.29) is 19.5 Å². The van der Waals surface area contributed by atoms with Gasteiger partial charge in [0.1, 0.15) is 0 Å². The van der Waals surface area contributed by atoms with Crippen LogP contribution in [0.25, 0.3) is 0 Å². The largest absolute Gasteiger partial charge is 3.00 e. The first kappa shape index (κ1) is 35.9. The summed E-state index contributed by atoms with van der Waals surface area (Å²) in [6.07, 6.45) is 16.6. The molecule has 31 heavy (non-hydrogen) atoms. The molecule has 0 bridgehead atoms. The Labute approximate surface area is 199 Å². The molecule has 0 aromatic rings. The van der Waals surface area contributed by atoms with Crippen LogP contribution in [0.1, 0.15) is 60.8 Å². The van der Waals surface area contributed by atoms with Gasteiger partial charge in [-0.3, -0.25) is 0 Å². The standard InChI is InChI=1S/3C8H12O2.Ru/c3*1-3-5-6-7(4-2)8(9)10;/h3*3,5-6H,4H2,1-2H3,(H,9,10);/q;;;+3/p-3. The molecule has 1 radical (unpaired) electrons. The molecule has 0 aromatic carbocycles. The average Bonchev–Trinajstić information content (AvgIpc) is 2.70. The molecule has 0 aliphatic carbocycles. The van der Waals surface area contributed by atoms with Crippen LogP contribution in [-0.2, 0) is 33.9 Å². The first-order chi connectivity index (χ1) is 14.2. The van der Waals surface area contributed by atoms with Crippen LogP contribution in [0.15, 0.2) is 71.4 Å². The fraction of sp³-hybridized carbons (Fsp3) is 0.375. The number of carbonyl (C=O) groups is 3. The first-order valence-corrected chi connectivity index (χ1v) is 9.75. The van der Waals surface area contributed by atoms with Crippen LogP contribution in [-0.4, -0.2) is 17.9 Å². The van der Waals surface area contributed by atoms with E-state index in [0.717, 1.165) is 0 Å². The summed E-state index contributed by atoms with van der Waals surface area (Å²) in [7, 11) is 0. The van der Waals surface area contributed by atoms with Crippen molar-refractivity contribution < 1.29 is 49.2 Å². The summed E-state index contributed by atoms with van der Waals surface area (Å²) in [5, 5.41) is 30.7. The van der Waals surface area contributed by atoms with Crippen molar-refractivity contribution in [1.29, 1.82) is 0 Å². The molecule has 173 valence electrons. The van der Waals surface area contributed by atoms with Crippen LogP contribution in [0.3, 0.4) is 0 Å². The summed E-state index contributed by atoms with van der Waals surface area (Å²) in [6.45, 7) is 10.8. The molecule has 0 rings (SSSR count). The van der Waals surface area contributed by atoms with Gasteiger partial charge in [-0.25, -0.2) is 0 Å². The normalized spacial score (nSPS) is 12.0. The number of allylic oxidation sites excluding steroid dienone is 9. The van der Waals surface area contributed by atoms with Crippen molar-refractivity contribution in [3.63, 3.8) is 0 Å². The van der Waals surface area contributed by atoms with Crippen LogP contribution in [0, 0.1) is 0 Å². The van der Waals surface area contributed by atoms with E-state index in [1.165, 1.54) is 0 Å². The van der Waals surface area contributed by atoms with Gasteiger partial charge in [0.15, 0.2) is 0 Å². The minimum absolute atomic E-state index is 0. The van der Waals surface area contributed by atoms with Gasteiger partial charge in [-0.1, -0.05) is 75.5 Å². The van der Waals surface area contributed by atoms with Gasteiger partial charge in [0.2, 0.25) is 0 Å². The van der Waals surface area contributed by atoms with Crippen molar-refractivity contribution in [3.8, 4) is 0 Å².